The minimum atomic E-state index is 0.377. The van der Waals surface area contributed by atoms with Crippen LogP contribution < -0.4 is 5.73 Å². The number of carbonyl (C=O) groups is 1. The molecule has 0 aliphatic carbocycles. The molecule has 0 heterocycles. The average molecular weight is 354 g/mol. The van der Waals surface area contributed by atoms with Crippen molar-refractivity contribution in [2.24, 2.45) is 5.73 Å². The summed E-state index contributed by atoms with van der Waals surface area (Å²) in [5.74, 6) is 0. The van der Waals surface area contributed by atoms with E-state index in [-0.39, 0.29) is 0 Å². The van der Waals surface area contributed by atoms with Gasteiger partial charge in [-0.15, -0.1) is 0 Å². The Labute approximate surface area is 149 Å². The molecule has 0 bridgehead atoms. The van der Waals surface area contributed by atoms with Gasteiger partial charge in [0.25, 0.3) is 0 Å². The summed E-state index contributed by atoms with van der Waals surface area (Å²) in [4.78, 5) is 16.4. The van der Waals surface area contributed by atoms with Crippen LogP contribution in [-0.2, 0) is 30.4 Å². The van der Waals surface area contributed by atoms with E-state index in [1.54, 1.807) is 0 Å². The number of hydrogen-bond acceptors (Lipinski definition) is 6. The number of nitrogens with two attached hydrogens (primary N) is 1. The van der Waals surface area contributed by atoms with Crippen LogP contribution in [0.15, 0.2) is 30.3 Å². The standard InChI is InChI=1S/C18H30N2O5/c19-8-4-10-22-12-14-24-15-13-23-11-5-9-20(17-21)25-16-18-6-2-1-3-7-18/h1-3,6-7,17H,4-5,8-16,19H2. The molecule has 0 atom stereocenters. The summed E-state index contributed by atoms with van der Waals surface area (Å²) < 4.78 is 16.1. The molecule has 2 N–H and O–H groups in total. The van der Waals surface area contributed by atoms with Gasteiger partial charge in [0.2, 0.25) is 6.41 Å². The lowest BCUT2D eigenvalue weighted by molar-refractivity contribution is -0.178. The molecule has 1 aromatic carbocycles. The predicted octanol–water partition coefficient (Wildman–Crippen LogP) is 1.37. The number of nitrogens with zero attached hydrogens (tertiary/aromatic N) is 1. The molecule has 0 aliphatic heterocycles. The van der Waals surface area contributed by atoms with Gasteiger partial charge in [0.1, 0.15) is 6.61 Å². The largest absolute Gasteiger partial charge is 0.379 e. The average Bonchev–Trinajstić information content (AvgIpc) is 2.66. The Morgan fingerprint density at radius 2 is 1.48 bits per heavy atom. The van der Waals surface area contributed by atoms with E-state index in [0.717, 1.165) is 12.0 Å². The van der Waals surface area contributed by atoms with E-state index in [9.17, 15) is 4.79 Å². The van der Waals surface area contributed by atoms with Crippen LogP contribution in [-0.4, -0.2) is 64.2 Å². The van der Waals surface area contributed by atoms with Gasteiger partial charge in [-0.3, -0.25) is 9.63 Å². The SMILES string of the molecule is NCCCOCCOCCOCCCN(C=O)OCc1ccccc1. The van der Waals surface area contributed by atoms with E-state index < -0.39 is 0 Å². The minimum absolute atomic E-state index is 0.377. The molecule has 142 valence electrons. The minimum Gasteiger partial charge on any atom is -0.379 e. The number of amides is 1. The van der Waals surface area contributed by atoms with Crippen molar-refractivity contribution in [3.63, 3.8) is 0 Å². The number of carbonyl (C=O) groups excluding carboxylic acids is 1. The topological polar surface area (TPSA) is 83.3 Å². The van der Waals surface area contributed by atoms with Gasteiger partial charge in [0, 0.05) is 13.2 Å². The molecular weight excluding hydrogens is 324 g/mol. The van der Waals surface area contributed by atoms with Crippen molar-refractivity contribution in [2.45, 2.75) is 19.4 Å². The summed E-state index contributed by atoms with van der Waals surface area (Å²) in [6.45, 7) is 4.93. The van der Waals surface area contributed by atoms with Crippen molar-refractivity contribution in [1.82, 2.24) is 5.06 Å². The van der Waals surface area contributed by atoms with Crippen molar-refractivity contribution in [3.8, 4) is 0 Å². The van der Waals surface area contributed by atoms with Crippen molar-refractivity contribution >= 4 is 6.41 Å². The van der Waals surface area contributed by atoms with Crippen LogP contribution >= 0.6 is 0 Å². The van der Waals surface area contributed by atoms with Crippen molar-refractivity contribution in [1.29, 1.82) is 0 Å². The Hall–Kier alpha value is -1.51. The first-order chi connectivity index (χ1) is 12.4. The molecule has 7 nitrogen and oxygen atoms in total. The molecule has 0 spiro atoms. The molecule has 1 rings (SSSR count). The van der Waals surface area contributed by atoms with E-state index in [2.05, 4.69) is 0 Å². The van der Waals surface area contributed by atoms with Gasteiger partial charge in [-0.2, -0.15) is 0 Å². The van der Waals surface area contributed by atoms with Crippen molar-refractivity contribution < 1.29 is 23.8 Å². The molecule has 0 aliphatic rings. The van der Waals surface area contributed by atoms with Crippen molar-refractivity contribution in [2.75, 3.05) is 52.7 Å². The molecule has 0 saturated carbocycles. The first kappa shape index (κ1) is 21.5. The number of benzene rings is 1. The highest BCUT2D eigenvalue weighted by molar-refractivity contribution is 5.44. The molecule has 25 heavy (non-hydrogen) atoms. The molecule has 0 aromatic heterocycles. The quantitative estimate of drug-likeness (QED) is 0.258. The highest BCUT2D eigenvalue weighted by atomic mass is 16.7. The third kappa shape index (κ3) is 12.5. The highest BCUT2D eigenvalue weighted by Crippen LogP contribution is 2.02. The number of hydroxylamine groups is 2. The lowest BCUT2D eigenvalue weighted by Gasteiger charge is -2.16. The molecular formula is C18H30N2O5. The van der Waals surface area contributed by atoms with E-state index in [0.29, 0.717) is 72.2 Å². The maximum Gasteiger partial charge on any atom is 0.233 e. The lowest BCUT2D eigenvalue weighted by atomic mass is 10.2. The first-order valence-corrected chi connectivity index (χ1v) is 8.69. The Kier molecular flexibility index (Phi) is 13.8. The fourth-order valence-electron chi connectivity index (χ4n) is 1.93. The Morgan fingerprint density at radius 3 is 2.08 bits per heavy atom. The fourth-order valence-corrected chi connectivity index (χ4v) is 1.93. The molecule has 1 amide bonds. The maximum absolute atomic E-state index is 11.0. The van der Waals surface area contributed by atoms with Crippen LogP contribution in [0.25, 0.3) is 0 Å². The zero-order valence-corrected chi connectivity index (χ0v) is 14.8. The van der Waals surface area contributed by atoms with Crippen LogP contribution in [0.1, 0.15) is 18.4 Å². The summed E-state index contributed by atoms with van der Waals surface area (Å²) in [5.41, 5.74) is 6.38. The van der Waals surface area contributed by atoms with Crippen LogP contribution in [0.5, 0.6) is 0 Å². The summed E-state index contributed by atoms with van der Waals surface area (Å²) in [6, 6.07) is 9.72. The molecule has 0 saturated heterocycles. The second-order valence-corrected chi connectivity index (χ2v) is 5.34. The Morgan fingerprint density at radius 1 is 0.880 bits per heavy atom. The zero-order valence-electron chi connectivity index (χ0n) is 14.8. The van der Waals surface area contributed by atoms with Gasteiger partial charge in [-0.05, 0) is 24.9 Å². The second-order valence-electron chi connectivity index (χ2n) is 5.34. The van der Waals surface area contributed by atoms with Crippen LogP contribution in [0.2, 0.25) is 0 Å². The van der Waals surface area contributed by atoms with Gasteiger partial charge in [0.05, 0.1) is 33.0 Å². The monoisotopic (exact) mass is 354 g/mol. The Bertz CT molecular complexity index is 419. The summed E-state index contributed by atoms with van der Waals surface area (Å²) >= 11 is 0. The normalized spacial score (nSPS) is 10.8. The molecule has 1 aromatic rings. The molecule has 0 unspecified atom stereocenters. The van der Waals surface area contributed by atoms with Gasteiger partial charge in [-0.1, -0.05) is 30.3 Å². The highest BCUT2D eigenvalue weighted by Gasteiger charge is 2.02. The first-order valence-electron chi connectivity index (χ1n) is 8.69. The number of hydrogen-bond donors (Lipinski definition) is 1. The van der Waals surface area contributed by atoms with E-state index in [1.807, 2.05) is 30.3 Å². The van der Waals surface area contributed by atoms with Gasteiger partial charge in [-0.25, -0.2) is 5.06 Å². The van der Waals surface area contributed by atoms with E-state index >= 15 is 0 Å². The van der Waals surface area contributed by atoms with Gasteiger partial charge in [0.15, 0.2) is 0 Å². The summed E-state index contributed by atoms with van der Waals surface area (Å²) in [5, 5.41) is 1.30. The van der Waals surface area contributed by atoms with Crippen LogP contribution in [0.4, 0.5) is 0 Å². The van der Waals surface area contributed by atoms with Crippen LogP contribution in [0.3, 0.4) is 0 Å². The predicted molar refractivity (Wildman–Crippen MR) is 94.7 cm³/mol. The smallest absolute Gasteiger partial charge is 0.233 e. The third-order valence-electron chi connectivity index (χ3n) is 3.26. The molecule has 0 radical (unpaired) electrons. The van der Waals surface area contributed by atoms with Crippen LogP contribution in [0, 0.1) is 0 Å². The fraction of sp³-hybridized carbons (Fsp3) is 0.611. The summed E-state index contributed by atoms with van der Waals surface area (Å²) in [7, 11) is 0. The summed E-state index contributed by atoms with van der Waals surface area (Å²) in [6.07, 6.45) is 2.27. The Balaban J connectivity index is 1.89. The number of ether oxygens (including phenoxy) is 3. The molecule has 7 heteroatoms. The van der Waals surface area contributed by atoms with Gasteiger partial charge < -0.3 is 19.9 Å². The van der Waals surface area contributed by atoms with Crippen molar-refractivity contribution in [3.05, 3.63) is 35.9 Å². The van der Waals surface area contributed by atoms with E-state index in [4.69, 9.17) is 24.8 Å². The zero-order chi connectivity index (χ0) is 18.0. The molecule has 0 fully saturated rings. The number of rotatable bonds is 17. The third-order valence-corrected chi connectivity index (χ3v) is 3.26. The lowest BCUT2D eigenvalue weighted by Crippen LogP contribution is -2.24. The maximum atomic E-state index is 11.0. The van der Waals surface area contributed by atoms with Gasteiger partial charge >= 0.3 is 0 Å². The van der Waals surface area contributed by atoms with E-state index in [1.165, 1.54) is 5.06 Å². The second kappa shape index (κ2) is 16.0.